The quantitative estimate of drug-likeness (QED) is 0.363. The summed E-state index contributed by atoms with van der Waals surface area (Å²) >= 11 is 0. The molecule has 0 saturated heterocycles. The summed E-state index contributed by atoms with van der Waals surface area (Å²) in [4.78, 5) is 11.5. The molecular formula is C21H26N2O5. The van der Waals surface area contributed by atoms with Crippen molar-refractivity contribution in [3.63, 3.8) is 0 Å². The molecule has 0 aliphatic carbocycles. The first-order chi connectivity index (χ1) is 13.7. The molecule has 7 heteroatoms. The minimum atomic E-state index is -0.420. The Morgan fingerprint density at radius 3 is 2.61 bits per heavy atom. The molecule has 2 aromatic carbocycles. The lowest BCUT2D eigenvalue weighted by atomic mass is 10.2. The van der Waals surface area contributed by atoms with Crippen LogP contribution in [0.4, 0.5) is 0 Å². The maximum absolute atomic E-state index is 11.5. The van der Waals surface area contributed by atoms with Crippen LogP contribution in [0, 0.1) is 0 Å². The molecule has 0 bridgehead atoms. The number of nitrogens with zero attached hydrogens (tertiary/aromatic N) is 1. The Bertz CT molecular complexity index is 792. The fourth-order valence-corrected chi connectivity index (χ4v) is 2.43. The van der Waals surface area contributed by atoms with Gasteiger partial charge in [0.25, 0.3) is 0 Å². The van der Waals surface area contributed by atoms with Gasteiger partial charge in [-0.05, 0) is 43.7 Å². The highest BCUT2D eigenvalue weighted by Crippen LogP contribution is 2.28. The highest BCUT2D eigenvalue weighted by Gasteiger charge is 2.09. The molecule has 2 aromatic rings. The third-order valence-electron chi connectivity index (χ3n) is 3.69. The third-order valence-corrected chi connectivity index (χ3v) is 3.69. The Kier molecular flexibility index (Phi) is 8.65. The highest BCUT2D eigenvalue weighted by molar-refractivity contribution is 5.80. The van der Waals surface area contributed by atoms with Crippen molar-refractivity contribution in [2.24, 2.45) is 5.10 Å². The normalized spacial score (nSPS) is 10.5. The molecule has 0 spiro atoms. The van der Waals surface area contributed by atoms with Crippen molar-refractivity contribution in [2.45, 2.75) is 20.4 Å². The number of esters is 1. The third kappa shape index (κ3) is 6.50. The van der Waals surface area contributed by atoms with Gasteiger partial charge in [0.05, 0.1) is 33.1 Å². The number of benzene rings is 2. The van der Waals surface area contributed by atoms with Crippen molar-refractivity contribution < 1.29 is 23.7 Å². The number of hydrazone groups is 1. The minimum Gasteiger partial charge on any atom is -0.496 e. The van der Waals surface area contributed by atoms with Gasteiger partial charge in [0, 0.05) is 5.56 Å². The Hall–Kier alpha value is -3.22. The van der Waals surface area contributed by atoms with Crippen molar-refractivity contribution in [1.29, 1.82) is 0 Å². The van der Waals surface area contributed by atoms with E-state index in [0.717, 1.165) is 16.9 Å². The van der Waals surface area contributed by atoms with Crippen LogP contribution in [0.25, 0.3) is 0 Å². The maximum atomic E-state index is 11.5. The van der Waals surface area contributed by atoms with Gasteiger partial charge in [-0.1, -0.05) is 18.2 Å². The van der Waals surface area contributed by atoms with E-state index in [0.29, 0.717) is 31.3 Å². The van der Waals surface area contributed by atoms with Crippen molar-refractivity contribution in [3.05, 3.63) is 53.6 Å². The van der Waals surface area contributed by atoms with Crippen LogP contribution in [-0.2, 0) is 16.1 Å². The van der Waals surface area contributed by atoms with Crippen LogP contribution in [0.1, 0.15) is 25.0 Å². The molecule has 0 radical (unpaired) electrons. The lowest BCUT2D eigenvalue weighted by molar-refractivity contribution is -0.145. The Labute approximate surface area is 165 Å². The van der Waals surface area contributed by atoms with E-state index in [9.17, 15) is 4.79 Å². The molecule has 0 heterocycles. The molecule has 2 rings (SSSR count). The SMILES string of the molecule is CCOC(=O)COc1ccc(/C=N/NCc2ccccc2OC)cc1OCC. The van der Waals surface area contributed by atoms with Gasteiger partial charge < -0.3 is 24.4 Å². The summed E-state index contributed by atoms with van der Waals surface area (Å²) in [6, 6.07) is 13.1. The zero-order valence-electron chi connectivity index (χ0n) is 16.4. The molecular weight excluding hydrogens is 360 g/mol. The number of hydrogen-bond donors (Lipinski definition) is 1. The van der Waals surface area contributed by atoms with Crippen LogP contribution in [0.2, 0.25) is 0 Å². The van der Waals surface area contributed by atoms with Crippen molar-refractivity contribution in [3.8, 4) is 17.2 Å². The van der Waals surface area contributed by atoms with Gasteiger partial charge in [-0.15, -0.1) is 0 Å². The Morgan fingerprint density at radius 2 is 1.86 bits per heavy atom. The van der Waals surface area contributed by atoms with Crippen molar-refractivity contribution in [1.82, 2.24) is 5.43 Å². The molecule has 0 atom stereocenters. The van der Waals surface area contributed by atoms with Crippen molar-refractivity contribution in [2.75, 3.05) is 26.9 Å². The number of carbonyl (C=O) groups excluding carboxylic acids is 1. The Morgan fingerprint density at radius 1 is 1.04 bits per heavy atom. The molecule has 7 nitrogen and oxygen atoms in total. The topological polar surface area (TPSA) is 78.4 Å². The Balaban J connectivity index is 1.98. The number of hydrogen-bond acceptors (Lipinski definition) is 7. The average molecular weight is 386 g/mol. The zero-order valence-corrected chi connectivity index (χ0v) is 16.4. The summed E-state index contributed by atoms with van der Waals surface area (Å²) < 4.78 is 21.3. The monoisotopic (exact) mass is 386 g/mol. The first-order valence-corrected chi connectivity index (χ1v) is 9.11. The smallest absolute Gasteiger partial charge is 0.344 e. The van der Waals surface area contributed by atoms with Crippen LogP contribution in [-0.4, -0.2) is 39.1 Å². The van der Waals surface area contributed by atoms with Crippen LogP contribution in [0.3, 0.4) is 0 Å². The van der Waals surface area contributed by atoms with Gasteiger partial charge in [-0.3, -0.25) is 0 Å². The standard InChI is InChI=1S/C21H26N2O5/c1-4-26-20-12-16(10-11-19(20)28-15-21(24)27-5-2)13-22-23-14-17-8-6-7-9-18(17)25-3/h6-13,23H,4-5,14-15H2,1-3H3/b22-13+. The summed E-state index contributed by atoms with van der Waals surface area (Å²) in [5.41, 5.74) is 4.85. The van der Waals surface area contributed by atoms with Crippen LogP contribution in [0.5, 0.6) is 17.2 Å². The van der Waals surface area contributed by atoms with Crippen LogP contribution >= 0.6 is 0 Å². The van der Waals surface area contributed by atoms with E-state index in [-0.39, 0.29) is 6.61 Å². The molecule has 0 aliphatic rings. The largest absolute Gasteiger partial charge is 0.496 e. The van der Waals surface area contributed by atoms with Gasteiger partial charge in [-0.2, -0.15) is 5.10 Å². The predicted molar refractivity (Wildman–Crippen MR) is 107 cm³/mol. The summed E-state index contributed by atoms with van der Waals surface area (Å²) in [5.74, 6) is 1.41. The highest BCUT2D eigenvalue weighted by atomic mass is 16.6. The number of nitrogens with one attached hydrogen (secondary N) is 1. The number of para-hydroxylation sites is 1. The number of carbonyl (C=O) groups is 1. The number of methoxy groups -OCH3 is 1. The van der Waals surface area contributed by atoms with E-state index in [1.54, 1.807) is 32.4 Å². The molecule has 0 unspecified atom stereocenters. The van der Waals surface area contributed by atoms with E-state index < -0.39 is 5.97 Å². The molecule has 0 aromatic heterocycles. The fourth-order valence-electron chi connectivity index (χ4n) is 2.43. The van der Waals surface area contributed by atoms with Gasteiger partial charge >= 0.3 is 5.97 Å². The first kappa shape index (κ1) is 21.1. The van der Waals surface area contributed by atoms with Gasteiger partial charge in [-0.25, -0.2) is 4.79 Å². The summed E-state index contributed by atoms with van der Waals surface area (Å²) in [5, 5.41) is 4.24. The number of rotatable bonds is 11. The predicted octanol–water partition coefficient (Wildman–Crippen LogP) is 3.16. The number of ether oxygens (including phenoxy) is 4. The fraction of sp³-hybridized carbons (Fsp3) is 0.333. The molecule has 150 valence electrons. The van der Waals surface area contributed by atoms with Crippen LogP contribution in [0.15, 0.2) is 47.6 Å². The summed E-state index contributed by atoms with van der Waals surface area (Å²) in [6.45, 7) is 4.80. The second-order valence-corrected chi connectivity index (χ2v) is 5.64. The van der Waals surface area contributed by atoms with E-state index in [4.69, 9.17) is 18.9 Å². The lowest BCUT2D eigenvalue weighted by Crippen LogP contribution is -2.15. The molecule has 1 N–H and O–H groups in total. The minimum absolute atomic E-state index is 0.165. The van der Waals surface area contributed by atoms with E-state index in [1.807, 2.05) is 37.3 Å². The van der Waals surface area contributed by atoms with Gasteiger partial charge in [0.15, 0.2) is 18.1 Å². The van der Waals surface area contributed by atoms with Gasteiger partial charge in [0.2, 0.25) is 0 Å². The average Bonchev–Trinajstić information content (AvgIpc) is 2.71. The van der Waals surface area contributed by atoms with E-state index in [2.05, 4.69) is 10.5 Å². The molecule has 0 amide bonds. The first-order valence-electron chi connectivity index (χ1n) is 9.11. The van der Waals surface area contributed by atoms with E-state index in [1.165, 1.54) is 0 Å². The molecule has 0 aliphatic heterocycles. The summed E-state index contributed by atoms with van der Waals surface area (Å²) in [7, 11) is 1.64. The van der Waals surface area contributed by atoms with Crippen molar-refractivity contribution >= 4 is 12.2 Å². The molecule has 28 heavy (non-hydrogen) atoms. The molecule has 0 fully saturated rings. The van der Waals surface area contributed by atoms with Crippen LogP contribution < -0.4 is 19.6 Å². The maximum Gasteiger partial charge on any atom is 0.344 e. The lowest BCUT2D eigenvalue weighted by Gasteiger charge is -2.12. The summed E-state index contributed by atoms with van der Waals surface area (Å²) in [6.07, 6.45) is 1.69. The second-order valence-electron chi connectivity index (χ2n) is 5.64. The van der Waals surface area contributed by atoms with Gasteiger partial charge in [0.1, 0.15) is 5.75 Å². The zero-order chi connectivity index (χ0) is 20.2. The second kappa shape index (κ2) is 11.5. The molecule has 0 saturated carbocycles. The van der Waals surface area contributed by atoms with E-state index >= 15 is 0 Å².